The minimum atomic E-state index is 1.22. The molecule has 0 N–H and O–H groups in total. The monoisotopic (exact) mass is 206 g/mol. The molecule has 0 aliphatic heterocycles. The molecule has 1 aliphatic rings. The second-order valence-corrected chi connectivity index (χ2v) is 4.59. The highest BCUT2D eigenvalue weighted by Gasteiger charge is 2.06. The van der Waals surface area contributed by atoms with E-state index >= 15 is 0 Å². The summed E-state index contributed by atoms with van der Waals surface area (Å²) in [5, 5.41) is 0. The third-order valence-electron chi connectivity index (χ3n) is 3.35. The van der Waals surface area contributed by atoms with Gasteiger partial charge in [-0.3, -0.25) is 0 Å². The highest BCUT2D eigenvalue weighted by molar-refractivity contribution is 5.29. The van der Waals surface area contributed by atoms with Crippen LogP contribution in [-0.4, -0.2) is 0 Å². The molecule has 0 unspecified atom stereocenters. The van der Waals surface area contributed by atoms with Crippen LogP contribution in [0.4, 0.5) is 0 Å². The first kappa shape index (κ1) is 12.5. The molecule has 15 heavy (non-hydrogen) atoms. The molecule has 0 bridgehead atoms. The van der Waals surface area contributed by atoms with Gasteiger partial charge in [0.05, 0.1) is 0 Å². The zero-order valence-corrected chi connectivity index (χ0v) is 10.5. The van der Waals surface area contributed by atoms with Gasteiger partial charge in [-0.05, 0) is 37.7 Å². The van der Waals surface area contributed by atoms with Crippen molar-refractivity contribution >= 4 is 0 Å². The Morgan fingerprint density at radius 1 is 1.07 bits per heavy atom. The van der Waals surface area contributed by atoms with Crippen molar-refractivity contribution in [2.75, 3.05) is 0 Å². The van der Waals surface area contributed by atoms with E-state index in [1.807, 2.05) is 0 Å². The Kier molecular flexibility index (Phi) is 6.47. The SMILES string of the molecule is CCCCCCCC1=C(CC)C=CCC1. The number of hydrogen-bond acceptors (Lipinski definition) is 0. The van der Waals surface area contributed by atoms with E-state index in [9.17, 15) is 0 Å². The van der Waals surface area contributed by atoms with E-state index in [0.29, 0.717) is 0 Å². The van der Waals surface area contributed by atoms with Crippen LogP contribution in [0.2, 0.25) is 0 Å². The largest absolute Gasteiger partial charge is 0.0839 e. The van der Waals surface area contributed by atoms with Gasteiger partial charge >= 0.3 is 0 Å². The van der Waals surface area contributed by atoms with E-state index in [1.54, 1.807) is 11.1 Å². The smallest absolute Gasteiger partial charge is 0.0280 e. The Hall–Kier alpha value is -0.520. The van der Waals surface area contributed by atoms with Gasteiger partial charge in [-0.2, -0.15) is 0 Å². The van der Waals surface area contributed by atoms with Gasteiger partial charge in [-0.1, -0.05) is 57.3 Å². The fraction of sp³-hybridized carbons (Fsp3) is 0.733. The highest BCUT2D eigenvalue weighted by atomic mass is 14.1. The second-order valence-electron chi connectivity index (χ2n) is 4.59. The van der Waals surface area contributed by atoms with Crippen molar-refractivity contribution in [3.8, 4) is 0 Å². The maximum atomic E-state index is 2.35. The molecule has 0 aromatic carbocycles. The maximum absolute atomic E-state index is 2.35. The van der Waals surface area contributed by atoms with Gasteiger partial charge in [-0.15, -0.1) is 0 Å². The van der Waals surface area contributed by atoms with Crippen LogP contribution >= 0.6 is 0 Å². The average molecular weight is 206 g/mol. The van der Waals surface area contributed by atoms with Crippen LogP contribution in [0.5, 0.6) is 0 Å². The van der Waals surface area contributed by atoms with E-state index in [0.717, 1.165) is 0 Å². The van der Waals surface area contributed by atoms with Crippen molar-refractivity contribution in [2.24, 2.45) is 0 Å². The molecule has 0 heterocycles. The Bertz CT molecular complexity index is 220. The van der Waals surface area contributed by atoms with Gasteiger partial charge in [-0.25, -0.2) is 0 Å². The summed E-state index contributed by atoms with van der Waals surface area (Å²) >= 11 is 0. The average Bonchev–Trinajstić information content (AvgIpc) is 2.29. The first-order chi connectivity index (χ1) is 7.38. The minimum absolute atomic E-state index is 1.22. The van der Waals surface area contributed by atoms with Crippen molar-refractivity contribution in [3.63, 3.8) is 0 Å². The molecule has 0 spiro atoms. The third kappa shape index (κ3) is 4.68. The molecular formula is C15H26. The summed E-state index contributed by atoms with van der Waals surface area (Å²) in [5.41, 5.74) is 3.37. The predicted octanol–water partition coefficient (Wildman–Crippen LogP) is 5.40. The number of allylic oxidation sites excluding steroid dienone is 4. The molecular weight excluding hydrogens is 180 g/mol. The Labute approximate surface area is 95.5 Å². The first-order valence-electron chi connectivity index (χ1n) is 6.76. The summed E-state index contributed by atoms with van der Waals surface area (Å²) in [6, 6.07) is 0. The summed E-state index contributed by atoms with van der Waals surface area (Å²) in [6.07, 6.45) is 16.9. The first-order valence-corrected chi connectivity index (χ1v) is 6.76. The molecule has 0 amide bonds. The van der Waals surface area contributed by atoms with Crippen LogP contribution < -0.4 is 0 Å². The van der Waals surface area contributed by atoms with Gasteiger partial charge in [0.15, 0.2) is 0 Å². The van der Waals surface area contributed by atoms with Crippen LogP contribution in [0.25, 0.3) is 0 Å². The Balaban J connectivity index is 2.23. The summed E-state index contributed by atoms with van der Waals surface area (Å²) in [4.78, 5) is 0. The molecule has 0 aromatic rings. The van der Waals surface area contributed by atoms with Gasteiger partial charge in [0.2, 0.25) is 0 Å². The van der Waals surface area contributed by atoms with Crippen LogP contribution in [0, 0.1) is 0 Å². The normalized spacial score (nSPS) is 16.1. The molecule has 1 rings (SSSR count). The lowest BCUT2D eigenvalue weighted by Gasteiger charge is -2.14. The van der Waals surface area contributed by atoms with E-state index in [4.69, 9.17) is 0 Å². The standard InChI is InChI=1S/C15H26/c1-3-5-6-7-8-12-15-13-10-9-11-14(15)4-2/h9,11H,3-8,10,12-13H2,1-2H3. The lowest BCUT2D eigenvalue weighted by Crippen LogP contribution is -1.95. The molecule has 0 aromatic heterocycles. The summed E-state index contributed by atoms with van der Waals surface area (Å²) < 4.78 is 0. The Morgan fingerprint density at radius 2 is 1.87 bits per heavy atom. The van der Waals surface area contributed by atoms with Gasteiger partial charge < -0.3 is 0 Å². The van der Waals surface area contributed by atoms with Crippen LogP contribution in [0.3, 0.4) is 0 Å². The van der Waals surface area contributed by atoms with E-state index < -0.39 is 0 Å². The van der Waals surface area contributed by atoms with Crippen LogP contribution in [-0.2, 0) is 0 Å². The lowest BCUT2D eigenvalue weighted by molar-refractivity contribution is 0.621. The maximum Gasteiger partial charge on any atom is -0.0280 e. The Morgan fingerprint density at radius 3 is 2.60 bits per heavy atom. The fourth-order valence-electron chi connectivity index (χ4n) is 2.36. The van der Waals surface area contributed by atoms with Crippen molar-refractivity contribution in [3.05, 3.63) is 23.3 Å². The van der Waals surface area contributed by atoms with Gasteiger partial charge in [0, 0.05) is 0 Å². The number of unbranched alkanes of at least 4 members (excludes halogenated alkanes) is 4. The van der Waals surface area contributed by atoms with Crippen molar-refractivity contribution in [1.82, 2.24) is 0 Å². The van der Waals surface area contributed by atoms with Crippen LogP contribution in [0.1, 0.15) is 71.6 Å². The zero-order chi connectivity index (χ0) is 10.9. The van der Waals surface area contributed by atoms with Gasteiger partial charge in [0.1, 0.15) is 0 Å². The quantitative estimate of drug-likeness (QED) is 0.489. The molecule has 0 saturated heterocycles. The molecule has 1 aliphatic carbocycles. The second kappa shape index (κ2) is 7.73. The summed E-state index contributed by atoms with van der Waals surface area (Å²) in [6.45, 7) is 4.56. The fourth-order valence-corrected chi connectivity index (χ4v) is 2.36. The molecule has 0 radical (unpaired) electrons. The molecule has 0 heteroatoms. The van der Waals surface area contributed by atoms with E-state index in [2.05, 4.69) is 26.0 Å². The summed E-state index contributed by atoms with van der Waals surface area (Å²) in [7, 11) is 0. The summed E-state index contributed by atoms with van der Waals surface area (Å²) in [5.74, 6) is 0. The third-order valence-corrected chi connectivity index (χ3v) is 3.35. The van der Waals surface area contributed by atoms with E-state index in [-0.39, 0.29) is 0 Å². The zero-order valence-electron chi connectivity index (χ0n) is 10.5. The molecule has 0 saturated carbocycles. The number of hydrogen-bond donors (Lipinski definition) is 0. The van der Waals surface area contributed by atoms with Crippen molar-refractivity contribution < 1.29 is 0 Å². The van der Waals surface area contributed by atoms with Crippen molar-refractivity contribution in [1.29, 1.82) is 0 Å². The molecule has 86 valence electrons. The lowest BCUT2D eigenvalue weighted by atomic mass is 9.92. The molecule has 0 fully saturated rings. The van der Waals surface area contributed by atoms with Crippen molar-refractivity contribution in [2.45, 2.75) is 71.6 Å². The van der Waals surface area contributed by atoms with Gasteiger partial charge in [0.25, 0.3) is 0 Å². The van der Waals surface area contributed by atoms with E-state index in [1.165, 1.54) is 57.8 Å². The van der Waals surface area contributed by atoms with Crippen LogP contribution in [0.15, 0.2) is 23.3 Å². The predicted molar refractivity (Wildman–Crippen MR) is 69.1 cm³/mol. The molecule has 0 atom stereocenters. The minimum Gasteiger partial charge on any atom is -0.0839 e. The topological polar surface area (TPSA) is 0 Å². The molecule has 0 nitrogen and oxygen atoms in total. The number of rotatable bonds is 7. The highest BCUT2D eigenvalue weighted by Crippen LogP contribution is 2.25.